The molecule has 4 nitrogen and oxygen atoms in total. The molecule has 1 rings (SSSR count). The highest BCUT2D eigenvalue weighted by Gasteiger charge is 2.75. The van der Waals surface area contributed by atoms with Crippen molar-refractivity contribution in [3.8, 4) is 0 Å². The molecule has 0 aliphatic rings. The second-order valence-electron chi connectivity index (χ2n) is 4.90. The number of allylic oxidation sites excluding steroid dienone is 2. The number of benzene rings is 1. The fourth-order valence-corrected chi connectivity index (χ4v) is 1.75. The van der Waals surface area contributed by atoms with Gasteiger partial charge in [-0.25, -0.2) is 0 Å². The highest BCUT2D eigenvalue weighted by molar-refractivity contribution is 6.33. The summed E-state index contributed by atoms with van der Waals surface area (Å²) in [7, 11) is 0. The zero-order chi connectivity index (χ0) is 20.3. The summed E-state index contributed by atoms with van der Waals surface area (Å²) < 4.78 is 87.9. The van der Waals surface area contributed by atoms with Crippen LogP contribution in [-0.4, -0.2) is 29.7 Å². The van der Waals surface area contributed by atoms with Crippen LogP contribution >= 0.6 is 11.6 Å². The van der Waals surface area contributed by atoms with Gasteiger partial charge in [-0.3, -0.25) is 15.0 Å². The largest absolute Gasteiger partial charge is 0.460 e. The van der Waals surface area contributed by atoms with Gasteiger partial charge in [0.05, 0.1) is 10.6 Å². The first-order valence-electron chi connectivity index (χ1n) is 6.57. The molecule has 0 spiro atoms. The zero-order valence-corrected chi connectivity index (χ0v) is 13.5. The lowest BCUT2D eigenvalue weighted by molar-refractivity contribution is -0.342. The van der Waals surface area contributed by atoms with E-state index >= 15 is 0 Å². The van der Waals surface area contributed by atoms with Crippen molar-refractivity contribution in [2.45, 2.75) is 24.9 Å². The molecule has 1 amide bonds. The van der Waals surface area contributed by atoms with Crippen LogP contribution in [0, 0.1) is 0 Å². The molecular weight excluding hydrogens is 397 g/mol. The summed E-state index contributed by atoms with van der Waals surface area (Å²) >= 11 is 5.73. The number of hydrazine groups is 1. The molecule has 144 valence electrons. The van der Waals surface area contributed by atoms with E-state index in [1.54, 1.807) is 0 Å². The zero-order valence-electron chi connectivity index (χ0n) is 12.7. The maximum absolute atomic E-state index is 13.2. The van der Waals surface area contributed by atoms with Crippen molar-refractivity contribution >= 4 is 23.3 Å². The van der Waals surface area contributed by atoms with Gasteiger partial charge in [0.1, 0.15) is 0 Å². The van der Waals surface area contributed by atoms with Gasteiger partial charge >= 0.3 is 18.0 Å². The van der Waals surface area contributed by atoms with Gasteiger partial charge in [0.25, 0.3) is 5.91 Å². The molecule has 0 heterocycles. The Morgan fingerprint density at radius 1 is 1.00 bits per heavy atom. The molecule has 1 aromatic rings. The Labute approximate surface area is 147 Å². The van der Waals surface area contributed by atoms with Crippen molar-refractivity contribution in [2.24, 2.45) is 0 Å². The van der Waals surface area contributed by atoms with E-state index in [1.807, 2.05) is 10.9 Å². The molecule has 26 heavy (non-hydrogen) atoms. The highest BCUT2D eigenvalue weighted by atomic mass is 35.5. The van der Waals surface area contributed by atoms with Crippen molar-refractivity contribution in [1.82, 2.24) is 10.9 Å². The molecule has 0 saturated carbocycles. The molecule has 0 saturated heterocycles. The second-order valence-corrected chi connectivity index (χ2v) is 5.30. The van der Waals surface area contributed by atoms with Crippen LogP contribution in [0.15, 0.2) is 36.0 Å². The number of alkyl halides is 7. The van der Waals surface area contributed by atoms with Gasteiger partial charge in [-0.2, -0.15) is 30.7 Å². The Hall–Kier alpha value is -2.30. The predicted octanol–water partition coefficient (Wildman–Crippen LogP) is 3.88. The molecule has 0 aliphatic heterocycles. The lowest BCUT2D eigenvalue weighted by Gasteiger charge is -2.26. The van der Waals surface area contributed by atoms with E-state index in [2.05, 4.69) is 0 Å². The third kappa shape index (κ3) is 4.45. The smallest absolute Gasteiger partial charge is 0.303 e. The molecule has 1 aromatic carbocycles. The number of hydrogen-bond donors (Lipinski definition) is 2. The minimum absolute atomic E-state index is 0.0286. The van der Waals surface area contributed by atoms with E-state index in [-0.39, 0.29) is 16.7 Å². The van der Waals surface area contributed by atoms with Crippen molar-refractivity contribution in [3.05, 3.63) is 46.6 Å². The predicted molar refractivity (Wildman–Crippen MR) is 76.8 cm³/mol. The Kier molecular flexibility index (Phi) is 6.29. The molecule has 0 radical (unpaired) electrons. The van der Waals surface area contributed by atoms with Crippen molar-refractivity contribution in [1.29, 1.82) is 0 Å². The average molecular weight is 407 g/mol. The fraction of sp³-hybridized carbons (Fsp3) is 0.286. The third-order valence-corrected chi connectivity index (χ3v) is 3.23. The minimum Gasteiger partial charge on any atom is -0.303 e. The second kappa shape index (κ2) is 7.52. The Balaban J connectivity index is 2.85. The number of carbonyl (C=O) groups excluding carboxylic acids is 2. The SMILES string of the molecule is C/C(=C\C(=O)C(F)(F)C(F)(F)C(F)(F)F)NNC(=O)c1ccccc1Cl. The topological polar surface area (TPSA) is 58.2 Å². The van der Waals surface area contributed by atoms with E-state index < -0.39 is 35.4 Å². The number of ketones is 1. The van der Waals surface area contributed by atoms with Crippen LogP contribution in [-0.2, 0) is 4.79 Å². The van der Waals surface area contributed by atoms with Crippen LogP contribution in [0.2, 0.25) is 5.02 Å². The molecule has 0 unspecified atom stereocenters. The first-order chi connectivity index (χ1) is 11.7. The lowest BCUT2D eigenvalue weighted by Crippen LogP contribution is -2.55. The Morgan fingerprint density at radius 3 is 2.04 bits per heavy atom. The Morgan fingerprint density at radius 2 is 1.54 bits per heavy atom. The first kappa shape index (κ1) is 21.7. The summed E-state index contributed by atoms with van der Waals surface area (Å²) in [5, 5.41) is 0.0286. The van der Waals surface area contributed by atoms with Crippen LogP contribution in [0.4, 0.5) is 30.7 Å². The van der Waals surface area contributed by atoms with Gasteiger partial charge in [0.15, 0.2) is 0 Å². The molecule has 0 fully saturated rings. The van der Waals surface area contributed by atoms with Gasteiger partial charge in [-0.15, -0.1) is 0 Å². The van der Waals surface area contributed by atoms with E-state index in [0.717, 1.165) is 6.92 Å². The van der Waals surface area contributed by atoms with Crippen LogP contribution in [0.25, 0.3) is 0 Å². The molecule has 0 atom stereocenters. The highest BCUT2D eigenvalue weighted by Crippen LogP contribution is 2.47. The van der Waals surface area contributed by atoms with Crippen molar-refractivity contribution in [3.63, 3.8) is 0 Å². The minimum atomic E-state index is -6.63. The van der Waals surface area contributed by atoms with Crippen molar-refractivity contribution < 1.29 is 40.3 Å². The standard InChI is InChI=1S/C14H10ClF7N2O2/c1-7(23-24-11(26)8-4-2-3-5-9(8)15)6-10(25)12(16,17)13(18,19)14(20,21)22/h2-6,23H,1H3,(H,24,26)/b7-6+. The van der Waals surface area contributed by atoms with Gasteiger partial charge in [-0.05, 0) is 19.1 Å². The van der Waals surface area contributed by atoms with Crippen LogP contribution in [0.5, 0.6) is 0 Å². The number of halogens is 8. The quantitative estimate of drug-likeness (QED) is 0.428. The summed E-state index contributed by atoms with van der Waals surface area (Å²) in [6, 6.07) is 5.62. The van der Waals surface area contributed by atoms with E-state index in [0.29, 0.717) is 0 Å². The number of carbonyl (C=O) groups is 2. The number of rotatable bonds is 6. The molecule has 0 aromatic heterocycles. The van der Waals surface area contributed by atoms with Gasteiger partial charge in [-0.1, -0.05) is 23.7 Å². The molecule has 0 bridgehead atoms. The lowest BCUT2D eigenvalue weighted by atomic mass is 10.1. The van der Waals surface area contributed by atoms with E-state index in [1.165, 1.54) is 24.3 Å². The molecule has 12 heteroatoms. The summed E-state index contributed by atoms with van der Waals surface area (Å²) in [4.78, 5) is 22.9. The van der Waals surface area contributed by atoms with E-state index in [4.69, 9.17) is 11.6 Å². The summed E-state index contributed by atoms with van der Waals surface area (Å²) in [6.07, 6.45) is -6.81. The summed E-state index contributed by atoms with van der Waals surface area (Å²) in [6.45, 7) is 0.882. The Bertz CT molecular complexity index is 732. The van der Waals surface area contributed by atoms with Crippen LogP contribution in [0.1, 0.15) is 17.3 Å². The molecule has 2 N–H and O–H groups in total. The normalized spacial score (nSPS) is 13.3. The third-order valence-electron chi connectivity index (χ3n) is 2.90. The van der Waals surface area contributed by atoms with Crippen molar-refractivity contribution in [2.75, 3.05) is 0 Å². The maximum Gasteiger partial charge on any atom is 0.460 e. The number of hydrogen-bond acceptors (Lipinski definition) is 3. The summed E-state index contributed by atoms with van der Waals surface area (Å²) in [5.41, 5.74) is 3.18. The average Bonchev–Trinajstić information content (AvgIpc) is 2.51. The van der Waals surface area contributed by atoms with Gasteiger partial charge in [0, 0.05) is 11.8 Å². The molecule has 0 aliphatic carbocycles. The summed E-state index contributed by atoms with van der Waals surface area (Å²) in [5.74, 6) is -16.3. The molecular formula is C14H10ClF7N2O2. The fourth-order valence-electron chi connectivity index (χ4n) is 1.52. The van der Waals surface area contributed by atoms with Crippen LogP contribution < -0.4 is 10.9 Å². The number of amides is 1. The first-order valence-corrected chi connectivity index (χ1v) is 6.95. The van der Waals surface area contributed by atoms with Crippen LogP contribution in [0.3, 0.4) is 0 Å². The monoisotopic (exact) mass is 406 g/mol. The van der Waals surface area contributed by atoms with Gasteiger partial charge < -0.3 is 5.43 Å². The maximum atomic E-state index is 13.2. The number of nitrogens with one attached hydrogen (secondary N) is 2. The van der Waals surface area contributed by atoms with Gasteiger partial charge in [0.2, 0.25) is 5.78 Å². The van der Waals surface area contributed by atoms with E-state index in [9.17, 15) is 40.3 Å².